The fraction of sp³-hybridized carbons (Fsp3) is 0.526. The van der Waals surface area contributed by atoms with Crippen LogP contribution in [0.1, 0.15) is 52.4 Å². The topological polar surface area (TPSA) is 58.5 Å². The number of rotatable bonds is 3. The second kappa shape index (κ2) is 6.65. The smallest absolute Gasteiger partial charge is 0.251 e. The summed E-state index contributed by atoms with van der Waals surface area (Å²) in [4.78, 5) is 28.7. The third-order valence-electron chi connectivity index (χ3n) is 5.09. The molecule has 3 rings (SSSR count). The molecule has 0 fully saturated rings. The molecule has 0 aromatic carbocycles. The van der Waals surface area contributed by atoms with Crippen LogP contribution in [0, 0.1) is 11.8 Å². The Morgan fingerprint density at radius 1 is 1.30 bits per heavy atom. The number of amides is 2. The molecule has 4 heteroatoms. The van der Waals surface area contributed by atoms with Crippen molar-refractivity contribution >= 4 is 17.5 Å². The van der Waals surface area contributed by atoms with Gasteiger partial charge >= 0.3 is 0 Å². The Bertz CT molecular complexity index is 648. The lowest BCUT2D eigenvalue weighted by molar-refractivity contribution is -0.121. The summed E-state index contributed by atoms with van der Waals surface area (Å²) in [6.45, 7) is 4.02. The van der Waals surface area contributed by atoms with Crippen molar-refractivity contribution in [3.8, 4) is 0 Å². The van der Waals surface area contributed by atoms with Crippen LogP contribution < -0.4 is 5.32 Å². The maximum atomic E-state index is 12.3. The minimum atomic E-state index is -0.0651. The highest BCUT2D eigenvalue weighted by molar-refractivity contribution is 6.11. The third kappa shape index (κ3) is 3.07. The normalized spacial score (nSPS) is 25.2. The van der Waals surface area contributed by atoms with Gasteiger partial charge < -0.3 is 5.32 Å². The zero-order valence-electron chi connectivity index (χ0n) is 13.9. The molecule has 4 nitrogen and oxygen atoms in total. The fourth-order valence-corrected chi connectivity index (χ4v) is 3.68. The number of hydrogen-bond donors (Lipinski definition) is 1. The minimum Gasteiger partial charge on any atom is -0.325 e. The lowest BCUT2D eigenvalue weighted by atomic mass is 9.77. The van der Waals surface area contributed by atoms with Gasteiger partial charge in [0.15, 0.2) is 0 Å². The Hall–Kier alpha value is -1.97. The molecule has 1 N–H and O–H groups in total. The first-order valence-corrected chi connectivity index (χ1v) is 8.69. The number of fused-ring (bicyclic) bond motifs is 2. The highest BCUT2D eigenvalue weighted by atomic mass is 16.2. The number of allylic oxidation sites excluding steroid dienone is 3. The molecular weight excluding hydrogens is 288 g/mol. The van der Waals surface area contributed by atoms with Gasteiger partial charge in [-0.2, -0.15) is 0 Å². The van der Waals surface area contributed by atoms with Gasteiger partial charge in [-0.1, -0.05) is 19.9 Å². The predicted octanol–water partition coefficient (Wildman–Crippen LogP) is 3.46. The van der Waals surface area contributed by atoms with E-state index in [2.05, 4.69) is 16.4 Å². The van der Waals surface area contributed by atoms with Crippen molar-refractivity contribution in [3.05, 3.63) is 35.1 Å². The molecule has 0 spiro atoms. The predicted molar refractivity (Wildman–Crippen MR) is 90.9 cm³/mol. The highest BCUT2D eigenvalue weighted by Gasteiger charge is 2.33. The van der Waals surface area contributed by atoms with Crippen molar-refractivity contribution in [3.63, 3.8) is 0 Å². The highest BCUT2D eigenvalue weighted by Crippen LogP contribution is 2.38. The Morgan fingerprint density at radius 2 is 2.04 bits per heavy atom. The van der Waals surface area contributed by atoms with E-state index in [1.807, 2.05) is 26.0 Å². The third-order valence-corrected chi connectivity index (χ3v) is 5.09. The Morgan fingerprint density at radius 3 is 2.78 bits per heavy atom. The quantitative estimate of drug-likeness (QED) is 0.867. The second-order valence-electron chi connectivity index (χ2n) is 6.49. The first kappa shape index (κ1) is 15.9. The van der Waals surface area contributed by atoms with E-state index in [-0.39, 0.29) is 23.7 Å². The number of aliphatic imine (C=N–C) groups is 1. The lowest BCUT2D eigenvalue weighted by Gasteiger charge is -2.33. The summed E-state index contributed by atoms with van der Waals surface area (Å²) < 4.78 is 0. The molecular formula is C19H24N2O2. The van der Waals surface area contributed by atoms with Crippen LogP contribution in [-0.4, -0.2) is 17.5 Å². The van der Waals surface area contributed by atoms with Crippen molar-refractivity contribution in [1.82, 2.24) is 5.32 Å². The van der Waals surface area contributed by atoms with E-state index in [1.165, 1.54) is 5.57 Å². The van der Waals surface area contributed by atoms with E-state index >= 15 is 0 Å². The molecule has 1 aliphatic heterocycles. The summed E-state index contributed by atoms with van der Waals surface area (Å²) in [6.07, 6.45) is 11.6. The van der Waals surface area contributed by atoms with E-state index in [0.29, 0.717) is 5.71 Å². The molecule has 0 aromatic heterocycles. The van der Waals surface area contributed by atoms with Crippen molar-refractivity contribution in [2.75, 3.05) is 0 Å². The number of nitrogens with zero attached hydrogens (tertiary/aromatic N) is 1. The molecule has 23 heavy (non-hydrogen) atoms. The Labute approximate surface area is 137 Å². The van der Waals surface area contributed by atoms with Gasteiger partial charge in [0.05, 0.1) is 5.71 Å². The molecule has 0 saturated carbocycles. The van der Waals surface area contributed by atoms with Gasteiger partial charge in [-0.25, -0.2) is 4.99 Å². The number of carbonyl (C=O) groups excluding carboxylic acids is 2. The average molecular weight is 312 g/mol. The van der Waals surface area contributed by atoms with Crippen LogP contribution in [0.4, 0.5) is 0 Å². The Balaban J connectivity index is 1.86. The van der Waals surface area contributed by atoms with E-state index in [0.717, 1.165) is 49.8 Å². The van der Waals surface area contributed by atoms with Crippen molar-refractivity contribution in [2.45, 2.75) is 52.4 Å². The van der Waals surface area contributed by atoms with Crippen LogP contribution in [-0.2, 0) is 9.59 Å². The summed E-state index contributed by atoms with van der Waals surface area (Å²) in [5.74, 6) is 0.110. The summed E-state index contributed by atoms with van der Waals surface area (Å²) in [6, 6.07) is 0. The summed E-state index contributed by atoms with van der Waals surface area (Å²) in [5.41, 5.74) is 3.74. The fourth-order valence-electron chi connectivity index (χ4n) is 3.68. The average Bonchev–Trinajstić information content (AvgIpc) is 2.56. The number of hydrogen-bond acceptors (Lipinski definition) is 2. The summed E-state index contributed by atoms with van der Waals surface area (Å²) >= 11 is 0. The SMILES string of the molecule is CCC(CC)C(=O)N=C1C=CC2C(=C1)NC(=O)C1=C2CCCC1. The molecule has 0 bridgehead atoms. The van der Waals surface area contributed by atoms with Crippen LogP contribution in [0.5, 0.6) is 0 Å². The van der Waals surface area contributed by atoms with Crippen LogP contribution >= 0.6 is 0 Å². The standard InChI is InChI=1S/C19H24N2O2/c1-3-12(4-2)18(22)20-13-9-10-15-14-7-5-6-8-16(14)19(23)21-17(15)11-13/h9-12,15H,3-8H2,1-2H3,(H,21,23). The van der Waals surface area contributed by atoms with Crippen LogP contribution in [0.2, 0.25) is 0 Å². The van der Waals surface area contributed by atoms with Crippen LogP contribution in [0.25, 0.3) is 0 Å². The van der Waals surface area contributed by atoms with Gasteiger partial charge in [0.25, 0.3) is 5.91 Å². The van der Waals surface area contributed by atoms with Gasteiger partial charge in [0.1, 0.15) is 0 Å². The zero-order valence-corrected chi connectivity index (χ0v) is 13.9. The van der Waals surface area contributed by atoms with Gasteiger partial charge in [-0.15, -0.1) is 0 Å². The Kier molecular flexibility index (Phi) is 4.60. The van der Waals surface area contributed by atoms with Crippen LogP contribution in [0.15, 0.2) is 40.1 Å². The maximum absolute atomic E-state index is 12.3. The molecule has 122 valence electrons. The van der Waals surface area contributed by atoms with E-state index in [1.54, 1.807) is 0 Å². The van der Waals surface area contributed by atoms with E-state index in [4.69, 9.17) is 0 Å². The first-order valence-electron chi connectivity index (χ1n) is 8.69. The molecule has 1 atom stereocenters. The molecule has 2 amide bonds. The molecule has 1 unspecified atom stereocenters. The van der Waals surface area contributed by atoms with Gasteiger partial charge in [0, 0.05) is 23.1 Å². The van der Waals surface area contributed by atoms with Gasteiger partial charge in [-0.05, 0) is 56.3 Å². The summed E-state index contributed by atoms with van der Waals surface area (Å²) in [7, 11) is 0. The van der Waals surface area contributed by atoms with Gasteiger partial charge in [-0.3, -0.25) is 9.59 Å². The molecule has 1 heterocycles. The molecule has 2 aliphatic carbocycles. The maximum Gasteiger partial charge on any atom is 0.251 e. The zero-order chi connectivity index (χ0) is 16.4. The minimum absolute atomic E-state index is 0.0133. The largest absolute Gasteiger partial charge is 0.325 e. The number of nitrogens with one attached hydrogen (secondary N) is 1. The van der Waals surface area contributed by atoms with Crippen molar-refractivity contribution < 1.29 is 9.59 Å². The molecule has 3 aliphatic rings. The summed E-state index contributed by atoms with van der Waals surface area (Å²) in [5, 5.41) is 3.00. The first-order chi connectivity index (χ1) is 11.1. The van der Waals surface area contributed by atoms with E-state index < -0.39 is 0 Å². The second-order valence-corrected chi connectivity index (χ2v) is 6.49. The van der Waals surface area contributed by atoms with E-state index in [9.17, 15) is 9.59 Å². The van der Waals surface area contributed by atoms with Crippen molar-refractivity contribution in [1.29, 1.82) is 0 Å². The van der Waals surface area contributed by atoms with Crippen LogP contribution in [0.3, 0.4) is 0 Å². The monoisotopic (exact) mass is 312 g/mol. The molecule has 0 aromatic rings. The lowest BCUT2D eigenvalue weighted by Crippen LogP contribution is -2.37. The molecule has 0 saturated heterocycles. The van der Waals surface area contributed by atoms with Gasteiger partial charge in [0.2, 0.25) is 5.91 Å². The van der Waals surface area contributed by atoms with Crippen molar-refractivity contribution in [2.24, 2.45) is 16.8 Å². The molecule has 0 radical (unpaired) electrons. The number of carbonyl (C=O) groups is 2.